The summed E-state index contributed by atoms with van der Waals surface area (Å²) in [7, 11) is 1.38. The average Bonchev–Trinajstić information content (AvgIpc) is 2.48. The van der Waals surface area contributed by atoms with Crippen LogP contribution in [0.1, 0.15) is 39.5 Å². The Hall–Kier alpha value is -0.860. The van der Waals surface area contributed by atoms with Crippen molar-refractivity contribution in [2.75, 3.05) is 7.11 Å². The van der Waals surface area contributed by atoms with Crippen LogP contribution in [-0.2, 0) is 14.3 Å². The summed E-state index contributed by atoms with van der Waals surface area (Å²) in [5.74, 6) is 0.164. The van der Waals surface area contributed by atoms with Gasteiger partial charge < -0.3 is 4.74 Å². The molecule has 80 valence electrons. The van der Waals surface area contributed by atoms with Crippen LogP contribution < -0.4 is 0 Å². The second kappa shape index (κ2) is 4.11. The van der Waals surface area contributed by atoms with Crippen molar-refractivity contribution in [3.05, 3.63) is 0 Å². The summed E-state index contributed by atoms with van der Waals surface area (Å²) in [6.45, 7) is 3.93. The molecule has 0 bridgehead atoms. The van der Waals surface area contributed by atoms with Gasteiger partial charge >= 0.3 is 5.97 Å². The lowest BCUT2D eigenvalue weighted by Gasteiger charge is -2.28. The van der Waals surface area contributed by atoms with Gasteiger partial charge in [-0.25, -0.2) is 0 Å². The third kappa shape index (κ3) is 1.97. The molecule has 0 aromatic rings. The van der Waals surface area contributed by atoms with Crippen molar-refractivity contribution in [2.45, 2.75) is 39.5 Å². The van der Waals surface area contributed by atoms with Gasteiger partial charge in [-0.15, -0.1) is 0 Å². The first-order valence-electron chi connectivity index (χ1n) is 5.11. The zero-order valence-electron chi connectivity index (χ0n) is 9.13. The summed E-state index contributed by atoms with van der Waals surface area (Å²) in [6, 6.07) is 0. The largest absolute Gasteiger partial charge is 0.469 e. The molecule has 2 atom stereocenters. The van der Waals surface area contributed by atoms with Crippen LogP contribution in [0.2, 0.25) is 0 Å². The Balaban J connectivity index is 2.63. The Morgan fingerprint density at radius 2 is 2.29 bits per heavy atom. The van der Waals surface area contributed by atoms with Crippen molar-refractivity contribution >= 4 is 11.8 Å². The Morgan fingerprint density at radius 1 is 1.64 bits per heavy atom. The number of Topliss-reactive ketones (excluding diaryl/α,β-unsaturated/α-hetero) is 1. The van der Waals surface area contributed by atoms with Gasteiger partial charge in [0.25, 0.3) is 0 Å². The highest BCUT2D eigenvalue weighted by molar-refractivity contribution is 5.87. The molecule has 3 nitrogen and oxygen atoms in total. The molecule has 3 heteroatoms. The Kier molecular flexibility index (Phi) is 3.29. The fourth-order valence-corrected chi connectivity index (χ4v) is 2.12. The zero-order valence-corrected chi connectivity index (χ0v) is 9.13. The molecule has 1 saturated carbocycles. The summed E-state index contributed by atoms with van der Waals surface area (Å²) in [5, 5.41) is 0. The molecule has 0 aromatic heterocycles. The smallest absolute Gasteiger partial charge is 0.305 e. The van der Waals surface area contributed by atoms with E-state index in [1.54, 1.807) is 0 Å². The Morgan fingerprint density at radius 3 is 2.71 bits per heavy atom. The summed E-state index contributed by atoms with van der Waals surface area (Å²) in [4.78, 5) is 22.7. The fraction of sp³-hybridized carbons (Fsp3) is 0.818. The number of ether oxygens (including phenoxy) is 1. The maximum Gasteiger partial charge on any atom is 0.305 e. The van der Waals surface area contributed by atoms with Crippen molar-refractivity contribution in [3.8, 4) is 0 Å². The van der Waals surface area contributed by atoms with E-state index in [0.29, 0.717) is 18.6 Å². The number of carbonyl (C=O) groups is 2. The van der Waals surface area contributed by atoms with Crippen molar-refractivity contribution in [1.82, 2.24) is 0 Å². The van der Waals surface area contributed by atoms with E-state index >= 15 is 0 Å². The van der Waals surface area contributed by atoms with Crippen LogP contribution in [0, 0.1) is 11.3 Å². The highest BCUT2D eigenvalue weighted by Crippen LogP contribution is 2.42. The van der Waals surface area contributed by atoms with E-state index in [1.807, 2.05) is 13.8 Å². The molecular formula is C11H18O3. The van der Waals surface area contributed by atoms with Crippen LogP contribution >= 0.6 is 0 Å². The number of carbonyl (C=O) groups excluding carboxylic acids is 2. The van der Waals surface area contributed by atoms with E-state index in [0.717, 1.165) is 12.8 Å². The van der Waals surface area contributed by atoms with Crippen LogP contribution in [0.4, 0.5) is 0 Å². The molecule has 1 aliphatic rings. The van der Waals surface area contributed by atoms with E-state index in [9.17, 15) is 9.59 Å². The second-order valence-corrected chi connectivity index (χ2v) is 4.38. The van der Waals surface area contributed by atoms with Gasteiger partial charge in [0.1, 0.15) is 5.78 Å². The van der Waals surface area contributed by atoms with Gasteiger partial charge in [0, 0.05) is 18.3 Å². The lowest BCUT2D eigenvalue weighted by atomic mass is 9.74. The Labute approximate surface area is 84.8 Å². The lowest BCUT2D eigenvalue weighted by Crippen LogP contribution is -2.31. The average molecular weight is 198 g/mol. The van der Waals surface area contributed by atoms with E-state index < -0.39 is 0 Å². The summed E-state index contributed by atoms with van der Waals surface area (Å²) in [5.41, 5.74) is -0.297. The van der Waals surface area contributed by atoms with Crippen LogP contribution in [0.25, 0.3) is 0 Å². The summed E-state index contributed by atoms with van der Waals surface area (Å²) in [6.07, 6.45) is 2.88. The number of hydrogen-bond acceptors (Lipinski definition) is 3. The minimum Gasteiger partial charge on any atom is -0.469 e. The third-order valence-corrected chi connectivity index (χ3v) is 3.53. The molecule has 0 spiro atoms. The van der Waals surface area contributed by atoms with Gasteiger partial charge in [-0.1, -0.05) is 13.8 Å². The molecule has 0 N–H and O–H groups in total. The summed E-state index contributed by atoms with van der Waals surface area (Å²) >= 11 is 0. The first kappa shape index (κ1) is 11.2. The van der Waals surface area contributed by atoms with Gasteiger partial charge in [0.15, 0.2) is 0 Å². The summed E-state index contributed by atoms with van der Waals surface area (Å²) < 4.78 is 4.61. The first-order chi connectivity index (χ1) is 6.50. The van der Waals surface area contributed by atoms with E-state index in [-0.39, 0.29) is 17.3 Å². The minimum atomic E-state index is -0.297. The standard InChI is InChI=1S/C11H18O3/c1-8(7-10(13)14-3)11(2)6-4-5-9(11)12/h8H,4-7H2,1-3H3/t8-,11-/m0/s1. The maximum absolute atomic E-state index is 11.7. The second-order valence-electron chi connectivity index (χ2n) is 4.38. The number of methoxy groups -OCH3 is 1. The van der Waals surface area contributed by atoms with E-state index in [4.69, 9.17) is 0 Å². The number of rotatable bonds is 3. The van der Waals surface area contributed by atoms with Gasteiger partial charge in [0.2, 0.25) is 0 Å². The van der Waals surface area contributed by atoms with Gasteiger partial charge in [-0.05, 0) is 18.8 Å². The van der Waals surface area contributed by atoms with Gasteiger partial charge in [-0.3, -0.25) is 9.59 Å². The molecule has 14 heavy (non-hydrogen) atoms. The van der Waals surface area contributed by atoms with Crippen LogP contribution in [0.15, 0.2) is 0 Å². The molecule has 0 unspecified atom stereocenters. The highest BCUT2D eigenvalue weighted by Gasteiger charge is 2.42. The highest BCUT2D eigenvalue weighted by atomic mass is 16.5. The normalized spacial score (nSPS) is 28.9. The molecular weight excluding hydrogens is 180 g/mol. The zero-order chi connectivity index (χ0) is 10.8. The number of esters is 1. The van der Waals surface area contributed by atoms with Crippen LogP contribution in [-0.4, -0.2) is 18.9 Å². The molecule has 0 aromatic carbocycles. The molecule has 0 heterocycles. The quantitative estimate of drug-likeness (QED) is 0.651. The molecule has 0 amide bonds. The van der Waals surface area contributed by atoms with Crippen molar-refractivity contribution < 1.29 is 14.3 Å². The van der Waals surface area contributed by atoms with Gasteiger partial charge in [0.05, 0.1) is 7.11 Å². The molecule has 0 radical (unpaired) electrons. The number of hydrogen-bond donors (Lipinski definition) is 0. The van der Waals surface area contributed by atoms with Crippen LogP contribution in [0.5, 0.6) is 0 Å². The minimum absolute atomic E-state index is 0.0879. The molecule has 1 aliphatic carbocycles. The monoisotopic (exact) mass is 198 g/mol. The van der Waals surface area contributed by atoms with E-state index in [2.05, 4.69) is 4.74 Å². The van der Waals surface area contributed by atoms with Crippen molar-refractivity contribution in [2.24, 2.45) is 11.3 Å². The van der Waals surface area contributed by atoms with E-state index in [1.165, 1.54) is 7.11 Å². The lowest BCUT2D eigenvalue weighted by molar-refractivity contribution is -0.143. The predicted octanol–water partition coefficient (Wildman–Crippen LogP) is 1.94. The topological polar surface area (TPSA) is 43.4 Å². The predicted molar refractivity (Wildman–Crippen MR) is 52.8 cm³/mol. The molecule has 0 saturated heterocycles. The molecule has 1 rings (SSSR count). The molecule has 1 fully saturated rings. The number of ketones is 1. The Bertz CT molecular complexity index is 247. The van der Waals surface area contributed by atoms with Crippen LogP contribution in [0.3, 0.4) is 0 Å². The van der Waals surface area contributed by atoms with Crippen molar-refractivity contribution in [3.63, 3.8) is 0 Å². The van der Waals surface area contributed by atoms with Crippen molar-refractivity contribution in [1.29, 1.82) is 0 Å². The first-order valence-corrected chi connectivity index (χ1v) is 5.11. The fourth-order valence-electron chi connectivity index (χ4n) is 2.12. The SMILES string of the molecule is COC(=O)C[C@H](C)[C@]1(C)CCCC1=O. The maximum atomic E-state index is 11.7. The molecule has 0 aliphatic heterocycles. The third-order valence-electron chi connectivity index (χ3n) is 3.53. The van der Waals surface area contributed by atoms with Gasteiger partial charge in [-0.2, -0.15) is 0 Å².